The summed E-state index contributed by atoms with van der Waals surface area (Å²) in [6, 6.07) is 8.04. The molecule has 0 atom stereocenters. The summed E-state index contributed by atoms with van der Waals surface area (Å²) in [4.78, 5) is 12.4. The number of benzene rings is 1. The predicted octanol–water partition coefficient (Wildman–Crippen LogP) is 0.484. The molecule has 0 spiro atoms. The number of hydrogen-bond acceptors (Lipinski definition) is 4. The lowest BCUT2D eigenvalue weighted by Crippen LogP contribution is -2.48. The third-order valence-electron chi connectivity index (χ3n) is 3.87. The van der Waals surface area contributed by atoms with Gasteiger partial charge in [0.05, 0.1) is 5.20 Å². The molecule has 1 aromatic rings. The van der Waals surface area contributed by atoms with Crippen LogP contribution in [-0.4, -0.2) is 35.9 Å². The minimum atomic E-state index is -3.18. The Morgan fingerprint density at radius 2 is 1.57 bits per heavy atom. The van der Waals surface area contributed by atoms with Gasteiger partial charge in [-0.05, 0) is 39.8 Å². The van der Waals surface area contributed by atoms with Gasteiger partial charge in [-0.25, -0.2) is 0 Å². The molecule has 0 aromatic heterocycles. The van der Waals surface area contributed by atoms with Gasteiger partial charge in [-0.1, -0.05) is 24.3 Å². The van der Waals surface area contributed by atoms with Crippen LogP contribution in [0, 0.1) is 0 Å². The quantitative estimate of drug-likeness (QED) is 0.759. The average molecular weight is 300 g/mol. The molecule has 2 aliphatic carbocycles. The lowest BCUT2D eigenvalue weighted by molar-refractivity contribution is -0.111. The standard InChI is InChI=1S/C16H16O4Si/c1-18-21(19-2,20-3)16-14-10-11-6-4-5-7-12(11)13(14)8-9-15(16)17/h4-10H,1-3H3. The predicted molar refractivity (Wildman–Crippen MR) is 81.5 cm³/mol. The summed E-state index contributed by atoms with van der Waals surface area (Å²) in [5.41, 5.74) is 1.86. The van der Waals surface area contributed by atoms with Crippen LogP contribution in [0.4, 0.5) is 0 Å². The minimum absolute atomic E-state index is 0.116. The van der Waals surface area contributed by atoms with E-state index in [2.05, 4.69) is 0 Å². The fraction of sp³-hybridized carbons (Fsp3) is 0.188. The molecule has 0 N–H and O–H groups in total. The summed E-state index contributed by atoms with van der Waals surface area (Å²) in [6.45, 7) is 0. The Balaban J connectivity index is 2.35. The Morgan fingerprint density at radius 3 is 2.24 bits per heavy atom. The molecule has 3 rings (SSSR count). The molecule has 1 aromatic carbocycles. The summed E-state index contributed by atoms with van der Waals surface area (Å²) in [5.74, 6) is -0.116. The van der Waals surface area contributed by atoms with E-state index in [4.69, 9.17) is 13.3 Å². The average Bonchev–Trinajstić information content (AvgIpc) is 2.89. The van der Waals surface area contributed by atoms with Crippen molar-refractivity contribution in [3.63, 3.8) is 0 Å². The van der Waals surface area contributed by atoms with Crippen molar-refractivity contribution in [1.29, 1.82) is 0 Å². The van der Waals surface area contributed by atoms with E-state index in [1.807, 2.05) is 36.4 Å². The van der Waals surface area contributed by atoms with Crippen LogP contribution in [0.25, 0.3) is 11.6 Å². The fourth-order valence-corrected chi connectivity index (χ4v) is 4.91. The zero-order valence-electron chi connectivity index (χ0n) is 12.2. The number of hydrogen-bond donors (Lipinski definition) is 0. The first kappa shape index (κ1) is 14.2. The molecule has 0 saturated heterocycles. The van der Waals surface area contributed by atoms with Gasteiger partial charge in [-0.15, -0.1) is 0 Å². The van der Waals surface area contributed by atoms with E-state index in [0.717, 1.165) is 21.6 Å². The summed E-state index contributed by atoms with van der Waals surface area (Å²) < 4.78 is 16.5. The largest absolute Gasteiger partial charge is 0.541 e. The molecule has 108 valence electrons. The van der Waals surface area contributed by atoms with Crippen molar-refractivity contribution >= 4 is 26.2 Å². The fourth-order valence-electron chi connectivity index (χ4n) is 2.88. The van der Waals surface area contributed by atoms with Crippen LogP contribution in [0.15, 0.2) is 47.2 Å². The Kier molecular flexibility index (Phi) is 3.50. The molecule has 0 saturated carbocycles. The molecule has 21 heavy (non-hydrogen) atoms. The normalized spacial score (nSPS) is 16.9. The van der Waals surface area contributed by atoms with Gasteiger partial charge in [0.1, 0.15) is 0 Å². The van der Waals surface area contributed by atoms with Crippen LogP contribution in [0.1, 0.15) is 0 Å². The lowest BCUT2D eigenvalue weighted by atomic mass is 10.0. The van der Waals surface area contributed by atoms with E-state index in [1.165, 1.54) is 21.3 Å². The maximum Gasteiger partial charge on any atom is 0.541 e. The van der Waals surface area contributed by atoms with Crippen LogP contribution in [0.3, 0.4) is 0 Å². The second-order valence-corrected chi connectivity index (χ2v) is 7.64. The molecule has 0 aliphatic heterocycles. The molecule has 0 bridgehead atoms. The number of fused-ring (bicyclic) bond motifs is 2. The summed E-state index contributed by atoms with van der Waals surface area (Å²) >= 11 is 0. The van der Waals surface area contributed by atoms with Crippen molar-refractivity contribution in [3.05, 3.63) is 57.6 Å². The molecule has 2 aliphatic rings. The number of carbonyl (C=O) groups excluding carboxylic acids is 1. The number of rotatable bonds is 4. The van der Waals surface area contributed by atoms with E-state index in [9.17, 15) is 4.79 Å². The van der Waals surface area contributed by atoms with Gasteiger partial charge < -0.3 is 13.3 Å². The highest BCUT2D eigenvalue weighted by molar-refractivity contribution is 6.75. The van der Waals surface area contributed by atoms with Crippen molar-refractivity contribution in [2.24, 2.45) is 0 Å². The topological polar surface area (TPSA) is 44.8 Å². The van der Waals surface area contributed by atoms with Crippen LogP contribution in [-0.2, 0) is 18.1 Å². The highest BCUT2D eigenvalue weighted by Gasteiger charge is 2.49. The van der Waals surface area contributed by atoms with E-state index in [1.54, 1.807) is 6.08 Å². The van der Waals surface area contributed by atoms with Crippen LogP contribution in [0.2, 0.25) is 0 Å². The highest BCUT2D eigenvalue weighted by atomic mass is 28.4. The maximum atomic E-state index is 12.4. The van der Waals surface area contributed by atoms with Gasteiger partial charge in [-0.2, -0.15) is 0 Å². The zero-order valence-corrected chi connectivity index (χ0v) is 13.2. The molecule has 0 amide bonds. The molecule has 4 nitrogen and oxygen atoms in total. The Morgan fingerprint density at radius 1 is 0.905 bits per heavy atom. The highest BCUT2D eigenvalue weighted by Crippen LogP contribution is 2.32. The third kappa shape index (κ3) is 1.98. The van der Waals surface area contributed by atoms with Gasteiger partial charge in [0.25, 0.3) is 0 Å². The SMILES string of the molecule is CO[Si](OC)(OC)C1=C2C=c3ccccc3=C2C=CC1=O. The van der Waals surface area contributed by atoms with Crippen molar-refractivity contribution in [2.75, 3.05) is 21.3 Å². The molecule has 5 heteroatoms. The zero-order chi connectivity index (χ0) is 15.0. The monoisotopic (exact) mass is 300 g/mol. The third-order valence-corrected chi connectivity index (χ3v) is 6.61. The van der Waals surface area contributed by atoms with Gasteiger partial charge in [0.2, 0.25) is 0 Å². The molecular weight excluding hydrogens is 284 g/mol. The van der Waals surface area contributed by atoms with Crippen LogP contribution >= 0.6 is 0 Å². The van der Waals surface area contributed by atoms with E-state index < -0.39 is 8.80 Å². The van der Waals surface area contributed by atoms with Crippen LogP contribution in [0.5, 0.6) is 0 Å². The smallest absolute Gasteiger partial charge is 0.373 e. The Bertz CT molecular complexity index is 776. The first-order chi connectivity index (χ1) is 10.2. The molecule has 0 heterocycles. The number of carbonyl (C=O) groups is 1. The second-order valence-electron chi connectivity index (χ2n) is 4.80. The van der Waals surface area contributed by atoms with Crippen molar-refractivity contribution < 1.29 is 18.1 Å². The summed E-state index contributed by atoms with van der Waals surface area (Å²) in [5, 5.41) is 2.70. The summed E-state index contributed by atoms with van der Waals surface area (Å²) in [6.07, 6.45) is 5.41. The van der Waals surface area contributed by atoms with E-state index in [0.29, 0.717) is 5.20 Å². The van der Waals surface area contributed by atoms with Crippen LogP contribution < -0.4 is 10.4 Å². The number of allylic oxidation sites excluding steroid dienone is 4. The van der Waals surface area contributed by atoms with E-state index >= 15 is 0 Å². The van der Waals surface area contributed by atoms with E-state index in [-0.39, 0.29) is 5.78 Å². The molecule has 0 unspecified atom stereocenters. The summed E-state index contributed by atoms with van der Waals surface area (Å²) in [7, 11) is 1.36. The Hall–Kier alpha value is -1.79. The molecule has 0 radical (unpaired) electrons. The van der Waals surface area contributed by atoms with Gasteiger partial charge in [0.15, 0.2) is 5.78 Å². The van der Waals surface area contributed by atoms with Crippen molar-refractivity contribution in [1.82, 2.24) is 0 Å². The molecular formula is C16H16O4Si. The minimum Gasteiger partial charge on any atom is -0.373 e. The van der Waals surface area contributed by atoms with Gasteiger partial charge in [0, 0.05) is 21.3 Å². The van der Waals surface area contributed by atoms with Gasteiger partial charge in [-0.3, -0.25) is 4.79 Å². The maximum absolute atomic E-state index is 12.4. The number of ketones is 1. The molecule has 0 fully saturated rings. The first-order valence-electron chi connectivity index (χ1n) is 6.61. The second kappa shape index (κ2) is 5.20. The van der Waals surface area contributed by atoms with Crippen molar-refractivity contribution in [3.8, 4) is 0 Å². The van der Waals surface area contributed by atoms with Gasteiger partial charge >= 0.3 is 8.80 Å². The Labute approximate surface area is 124 Å². The first-order valence-corrected chi connectivity index (χ1v) is 8.33. The van der Waals surface area contributed by atoms with Crippen molar-refractivity contribution in [2.45, 2.75) is 0 Å². The lowest BCUT2D eigenvalue weighted by Gasteiger charge is -2.28.